The second-order valence-electron chi connectivity index (χ2n) is 5.53. The zero-order valence-corrected chi connectivity index (χ0v) is 14.1. The normalized spacial score (nSPS) is 14.4. The summed E-state index contributed by atoms with van der Waals surface area (Å²) in [5.41, 5.74) is 0.349. The molecule has 1 amide bonds. The van der Waals surface area contributed by atoms with Gasteiger partial charge in [-0.3, -0.25) is 4.79 Å². The molecular weight excluding hydrogens is 322 g/mol. The summed E-state index contributed by atoms with van der Waals surface area (Å²) < 4.78 is 4.96. The van der Waals surface area contributed by atoms with Crippen LogP contribution in [0.25, 0.3) is 0 Å². The molecule has 0 unspecified atom stereocenters. The van der Waals surface area contributed by atoms with Crippen molar-refractivity contribution in [2.24, 2.45) is 0 Å². The van der Waals surface area contributed by atoms with Crippen LogP contribution in [0.3, 0.4) is 0 Å². The molecule has 0 radical (unpaired) electrons. The molecule has 0 spiro atoms. The van der Waals surface area contributed by atoms with Gasteiger partial charge in [-0.25, -0.2) is 19.9 Å². The molecule has 9 heteroatoms. The van der Waals surface area contributed by atoms with Crippen molar-refractivity contribution in [1.82, 2.24) is 24.8 Å². The highest BCUT2D eigenvalue weighted by atomic mass is 16.5. The van der Waals surface area contributed by atoms with Crippen LogP contribution in [0.1, 0.15) is 10.5 Å². The number of amides is 1. The highest BCUT2D eigenvalue weighted by Crippen LogP contribution is 2.12. The maximum Gasteiger partial charge on any atom is 0.274 e. The van der Waals surface area contributed by atoms with Gasteiger partial charge in [-0.15, -0.1) is 0 Å². The molecule has 1 N–H and O–H groups in total. The lowest BCUT2D eigenvalue weighted by Gasteiger charge is -2.34. The summed E-state index contributed by atoms with van der Waals surface area (Å²) in [6, 6.07) is 1.79. The van der Waals surface area contributed by atoms with E-state index >= 15 is 0 Å². The molecule has 1 aliphatic heterocycles. The highest BCUT2D eigenvalue weighted by Gasteiger charge is 2.24. The number of carbonyl (C=O) groups is 1. The Labute approximate surface area is 146 Å². The first-order valence-electron chi connectivity index (χ1n) is 8.14. The van der Waals surface area contributed by atoms with Gasteiger partial charge in [0.05, 0.1) is 19.0 Å². The van der Waals surface area contributed by atoms with Gasteiger partial charge in [0.2, 0.25) is 5.95 Å². The maximum absolute atomic E-state index is 12.5. The first-order valence-corrected chi connectivity index (χ1v) is 8.14. The largest absolute Gasteiger partial charge is 0.383 e. The first-order chi connectivity index (χ1) is 12.3. The number of piperazine rings is 1. The molecule has 2 aromatic rings. The van der Waals surface area contributed by atoms with Gasteiger partial charge in [-0.1, -0.05) is 0 Å². The van der Waals surface area contributed by atoms with E-state index in [4.69, 9.17) is 4.74 Å². The quantitative estimate of drug-likeness (QED) is 0.748. The number of hydrogen-bond donors (Lipinski definition) is 1. The summed E-state index contributed by atoms with van der Waals surface area (Å²) in [6.07, 6.45) is 6.51. The van der Waals surface area contributed by atoms with Crippen molar-refractivity contribution in [3.63, 3.8) is 0 Å². The van der Waals surface area contributed by atoms with E-state index in [1.54, 1.807) is 36.7 Å². The smallest absolute Gasteiger partial charge is 0.274 e. The van der Waals surface area contributed by atoms with Crippen LogP contribution in [-0.4, -0.2) is 77.2 Å². The summed E-state index contributed by atoms with van der Waals surface area (Å²) in [7, 11) is 1.64. The van der Waals surface area contributed by atoms with Crippen molar-refractivity contribution in [3.8, 4) is 0 Å². The summed E-state index contributed by atoms with van der Waals surface area (Å²) in [5, 5.41) is 3.07. The fraction of sp³-hybridized carbons (Fsp3) is 0.438. The van der Waals surface area contributed by atoms with Gasteiger partial charge in [-0.2, -0.15) is 0 Å². The lowest BCUT2D eigenvalue weighted by atomic mass is 10.3. The predicted octanol–water partition coefficient (Wildman–Crippen LogP) is 0.287. The molecule has 0 aliphatic carbocycles. The molecular formula is C16H21N7O2. The van der Waals surface area contributed by atoms with Crippen LogP contribution in [0.15, 0.2) is 30.9 Å². The van der Waals surface area contributed by atoms with Crippen LogP contribution in [-0.2, 0) is 4.74 Å². The van der Waals surface area contributed by atoms with Gasteiger partial charge in [0.1, 0.15) is 11.5 Å². The van der Waals surface area contributed by atoms with Gasteiger partial charge < -0.3 is 19.9 Å². The third-order valence-corrected chi connectivity index (χ3v) is 3.89. The molecule has 0 aromatic carbocycles. The van der Waals surface area contributed by atoms with Crippen molar-refractivity contribution < 1.29 is 9.53 Å². The molecule has 9 nitrogen and oxygen atoms in total. The fourth-order valence-corrected chi connectivity index (χ4v) is 2.54. The number of anilines is 2. The maximum atomic E-state index is 12.5. The van der Waals surface area contributed by atoms with Crippen molar-refractivity contribution >= 4 is 17.7 Å². The number of rotatable bonds is 6. The van der Waals surface area contributed by atoms with Crippen molar-refractivity contribution in [3.05, 3.63) is 36.5 Å². The Kier molecular flexibility index (Phi) is 5.68. The minimum Gasteiger partial charge on any atom is -0.383 e. The van der Waals surface area contributed by atoms with E-state index in [0.717, 1.165) is 0 Å². The molecule has 1 aliphatic rings. The molecule has 0 atom stereocenters. The van der Waals surface area contributed by atoms with Crippen molar-refractivity contribution in [1.29, 1.82) is 0 Å². The number of nitrogens with zero attached hydrogens (tertiary/aromatic N) is 6. The van der Waals surface area contributed by atoms with Gasteiger partial charge in [0.25, 0.3) is 5.91 Å². The predicted molar refractivity (Wildman–Crippen MR) is 92.5 cm³/mol. The van der Waals surface area contributed by atoms with Crippen LogP contribution in [0.4, 0.5) is 11.8 Å². The van der Waals surface area contributed by atoms with E-state index in [1.807, 2.05) is 0 Å². The molecule has 3 heterocycles. The summed E-state index contributed by atoms with van der Waals surface area (Å²) >= 11 is 0. The van der Waals surface area contributed by atoms with Crippen molar-refractivity contribution in [2.75, 3.05) is 56.7 Å². The number of hydrogen-bond acceptors (Lipinski definition) is 8. The van der Waals surface area contributed by atoms with E-state index < -0.39 is 0 Å². The van der Waals surface area contributed by atoms with E-state index in [2.05, 4.69) is 30.2 Å². The lowest BCUT2D eigenvalue weighted by molar-refractivity contribution is 0.0740. The number of nitrogens with one attached hydrogen (secondary N) is 1. The minimum atomic E-state index is -0.107. The van der Waals surface area contributed by atoms with Crippen molar-refractivity contribution in [2.45, 2.75) is 0 Å². The van der Waals surface area contributed by atoms with Gasteiger partial charge in [0, 0.05) is 52.2 Å². The Bertz CT molecular complexity index is 673. The Morgan fingerprint density at radius 3 is 2.52 bits per heavy atom. The standard InChI is InChI=1S/C16H21N7O2/c1-25-10-5-17-14-12-20-13(11-21-14)15(24)22-6-8-23(9-7-22)16-18-3-2-4-19-16/h2-4,11-12H,5-10H2,1H3,(H,17,21). The van der Waals surface area contributed by atoms with Crippen LogP contribution in [0.5, 0.6) is 0 Å². The molecule has 2 aromatic heterocycles. The monoisotopic (exact) mass is 343 g/mol. The van der Waals surface area contributed by atoms with Crippen LogP contribution >= 0.6 is 0 Å². The van der Waals surface area contributed by atoms with E-state index in [0.29, 0.717) is 56.8 Å². The fourth-order valence-electron chi connectivity index (χ4n) is 2.54. The number of carbonyl (C=O) groups excluding carboxylic acids is 1. The molecule has 1 fully saturated rings. The topological polar surface area (TPSA) is 96.4 Å². The van der Waals surface area contributed by atoms with Crippen LogP contribution in [0, 0.1) is 0 Å². The number of aromatic nitrogens is 4. The second kappa shape index (κ2) is 8.34. The summed E-state index contributed by atoms with van der Waals surface area (Å²) in [5.74, 6) is 1.21. The zero-order chi connectivity index (χ0) is 17.5. The van der Waals surface area contributed by atoms with Gasteiger partial charge >= 0.3 is 0 Å². The molecule has 3 rings (SSSR count). The SMILES string of the molecule is COCCNc1cnc(C(=O)N2CCN(c3ncccn3)CC2)cn1. The zero-order valence-electron chi connectivity index (χ0n) is 14.1. The summed E-state index contributed by atoms with van der Waals surface area (Å²) in [6.45, 7) is 3.82. The Hall–Kier alpha value is -2.81. The molecule has 0 bridgehead atoms. The number of methoxy groups -OCH3 is 1. The highest BCUT2D eigenvalue weighted by molar-refractivity contribution is 5.92. The van der Waals surface area contributed by atoms with Gasteiger partial charge in [0.15, 0.2) is 0 Å². The Morgan fingerprint density at radius 1 is 1.12 bits per heavy atom. The lowest BCUT2D eigenvalue weighted by Crippen LogP contribution is -2.49. The first kappa shape index (κ1) is 17.0. The molecule has 0 saturated carbocycles. The average Bonchev–Trinajstić information content (AvgIpc) is 2.69. The molecule has 132 valence electrons. The Morgan fingerprint density at radius 2 is 1.88 bits per heavy atom. The number of ether oxygens (including phenoxy) is 1. The third-order valence-electron chi connectivity index (χ3n) is 3.89. The summed E-state index contributed by atoms with van der Waals surface area (Å²) in [4.78, 5) is 33.3. The average molecular weight is 343 g/mol. The van der Waals surface area contributed by atoms with E-state index in [9.17, 15) is 4.79 Å². The molecule has 25 heavy (non-hydrogen) atoms. The van der Waals surface area contributed by atoms with Crippen LogP contribution in [0.2, 0.25) is 0 Å². The third kappa shape index (κ3) is 4.38. The van der Waals surface area contributed by atoms with E-state index in [-0.39, 0.29) is 5.91 Å². The second-order valence-corrected chi connectivity index (χ2v) is 5.53. The minimum absolute atomic E-state index is 0.107. The van der Waals surface area contributed by atoms with Crippen LogP contribution < -0.4 is 10.2 Å². The Balaban J connectivity index is 1.53. The molecule has 1 saturated heterocycles. The van der Waals surface area contributed by atoms with E-state index in [1.165, 1.54) is 6.20 Å². The van der Waals surface area contributed by atoms with Gasteiger partial charge in [-0.05, 0) is 6.07 Å².